The van der Waals surface area contributed by atoms with Crippen LogP contribution in [-0.4, -0.2) is 47.3 Å². The molecule has 1 amide bonds. The number of thiazole rings is 1. The number of aryl methyl sites for hydroxylation is 2. The van der Waals surface area contributed by atoms with Crippen LogP contribution in [0.15, 0.2) is 16.0 Å². The summed E-state index contributed by atoms with van der Waals surface area (Å²) in [5, 5.41) is 6.36. The van der Waals surface area contributed by atoms with Crippen LogP contribution >= 0.6 is 11.3 Å². The predicted octanol–water partition coefficient (Wildman–Crippen LogP) is 1.67. The number of likely N-dealkylation sites (tertiary alicyclic amines) is 1. The number of nitrogens with zero attached hydrogens (tertiary/aromatic N) is 3. The van der Waals surface area contributed by atoms with Gasteiger partial charge < -0.3 is 19.9 Å². The van der Waals surface area contributed by atoms with Gasteiger partial charge in [0.2, 0.25) is 5.91 Å². The number of anilines is 1. The Morgan fingerprint density at radius 3 is 3.00 bits per heavy atom. The zero-order valence-corrected chi connectivity index (χ0v) is 14.7. The number of carbonyl (C=O) groups excluding carboxylic acids is 1. The average molecular weight is 350 g/mol. The molecular weight excluding hydrogens is 328 g/mol. The molecule has 0 unspecified atom stereocenters. The van der Waals surface area contributed by atoms with Crippen molar-refractivity contribution in [3.8, 4) is 0 Å². The molecule has 0 saturated carbocycles. The molecule has 2 N–H and O–H groups in total. The summed E-state index contributed by atoms with van der Waals surface area (Å²) < 4.78 is 10.9. The lowest BCUT2D eigenvalue weighted by atomic mass is 10.0. The molecule has 2 atom stereocenters. The SMILES string of the molecule is CO[C@H]1CN(C(=O)CCc2csc(N)n2)C[C@H]1Cc1cc(C)no1. The number of nitrogens with two attached hydrogens (primary N) is 1. The molecule has 7 nitrogen and oxygen atoms in total. The highest BCUT2D eigenvalue weighted by molar-refractivity contribution is 7.13. The number of ether oxygens (including phenoxy) is 1. The average Bonchev–Trinajstić information content (AvgIpc) is 3.26. The van der Waals surface area contributed by atoms with Crippen LogP contribution in [0.25, 0.3) is 0 Å². The second kappa shape index (κ2) is 7.31. The van der Waals surface area contributed by atoms with Gasteiger partial charge in [-0.15, -0.1) is 11.3 Å². The Labute approximate surface area is 144 Å². The molecule has 2 aromatic heterocycles. The van der Waals surface area contributed by atoms with E-state index in [0.29, 0.717) is 31.1 Å². The van der Waals surface area contributed by atoms with Gasteiger partial charge in [-0.05, 0) is 13.3 Å². The first-order valence-electron chi connectivity index (χ1n) is 7.97. The zero-order chi connectivity index (χ0) is 17.1. The van der Waals surface area contributed by atoms with Gasteiger partial charge in [0.25, 0.3) is 0 Å². The van der Waals surface area contributed by atoms with Crippen LogP contribution in [0.4, 0.5) is 5.13 Å². The van der Waals surface area contributed by atoms with E-state index < -0.39 is 0 Å². The van der Waals surface area contributed by atoms with Crippen LogP contribution in [0.3, 0.4) is 0 Å². The molecule has 130 valence electrons. The van der Waals surface area contributed by atoms with E-state index in [2.05, 4.69) is 10.1 Å². The van der Waals surface area contributed by atoms with Gasteiger partial charge in [0.15, 0.2) is 5.13 Å². The summed E-state index contributed by atoms with van der Waals surface area (Å²) >= 11 is 1.40. The maximum atomic E-state index is 12.5. The van der Waals surface area contributed by atoms with Gasteiger partial charge in [0, 0.05) is 50.4 Å². The molecule has 0 aromatic carbocycles. The number of hydrogen-bond donors (Lipinski definition) is 1. The number of methoxy groups -OCH3 is 1. The van der Waals surface area contributed by atoms with E-state index in [9.17, 15) is 4.79 Å². The molecule has 1 fully saturated rings. The van der Waals surface area contributed by atoms with Crippen molar-refractivity contribution in [1.82, 2.24) is 15.0 Å². The summed E-state index contributed by atoms with van der Waals surface area (Å²) in [7, 11) is 1.69. The first-order valence-corrected chi connectivity index (χ1v) is 8.85. The lowest BCUT2D eigenvalue weighted by molar-refractivity contribution is -0.130. The van der Waals surface area contributed by atoms with E-state index in [1.807, 2.05) is 23.3 Å². The summed E-state index contributed by atoms with van der Waals surface area (Å²) in [5.74, 6) is 1.19. The van der Waals surface area contributed by atoms with Crippen LogP contribution in [0.2, 0.25) is 0 Å². The Balaban J connectivity index is 1.55. The van der Waals surface area contributed by atoms with E-state index in [1.54, 1.807) is 7.11 Å². The minimum absolute atomic E-state index is 0.0225. The Bertz CT molecular complexity index is 699. The summed E-state index contributed by atoms with van der Waals surface area (Å²) in [5.41, 5.74) is 7.36. The molecule has 3 heterocycles. The normalized spacial score (nSPS) is 20.7. The third-order valence-corrected chi connectivity index (χ3v) is 5.06. The second-order valence-electron chi connectivity index (χ2n) is 6.15. The van der Waals surface area contributed by atoms with Crippen LogP contribution in [0, 0.1) is 12.8 Å². The van der Waals surface area contributed by atoms with Gasteiger partial charge in [-0.1, -0.05) is 5.16 Å². The highest BCUT2D eigenvalue weighted by Crippen LogP contribution is 2.25. The summed E-state index contributed by atoms with van der Waals surface area (Å²) in [6.45, 7) is 3.19. The van der Waals surface area contributed by atoms with Crippen molar-refractivity contribution >= 4 is 22.4 Å². The Morgan fingerprint density at radius 1 is 1.54 bits per heavy atom. The minimum atomic E-state index is 0.0225. The molecule has 1 aliphatic heterocycles. The molecule has 0 spiro atoms. The van der Waals surface area contributed by atoms with Gasteiger partial charge in [-0.25, -0.2) is 4.98 Å². The molecule has 1 aliphatic rings. The maximum absolute atomic E-state index is 12.5. The highest BCUT2D eigenvalue weighted by Gasteiger charge is 2.35. The molecule has 0 radical (unpaired) electrons. The van der Waals surface area contributed by atoms with Gasteiger partial charge in [0.05, 0.1) is 17.5 Å². The zero-order valence-electron chi connectivity index (χ0n) is 13.9. The molecule has 2 aromatic rings. The van der Waals surface area contributed by atoms with Crippen molar-refractivity contribution in [3.63, 3.8) is 0 Å². The lowest BCUT2D eigenvalue weighted by Crippen LogP contribution is -2.30. The molecule has 0 bridgehead atoms. The summed E-state index contributed by atoms with van der Waals surface area (Å²) in [6, 6.07) is 1.93. The van der Waals surface area contributed by atoms with Crippen LogP contribution in [0.1, 0.15) is 23.6 Å². The van der Waals surface area contributed by atoms with Crippen LogP contribution in [-0.2, 0) is 22.4 Å². The number of nitrogen functional groups attached to an aromatic ring is 1. The molecule has 1 saturated heterocycles. The molecule has 24 heavy (non-hydrogen) atoms. The summed E-state index contributed by atoms with van der Waals surface area (Å²) in [4.78, 5) is 18.5. The standard InChI is InChI=1S/C16H22N4O3S/c1-10-5-13(23-19-10)6-11-7-20(8-14(11)22-2)15(21)4-3-12-9-24-16(17)18-12/h5,9,11,14H,3-4,6-8H2,1-2H3,(H2,17,18)/t11-,14+/m1/s1. The van der Waals surface area contributed by atoms with E-state index in [-0.39, 0.29) is 17.9 Å². The smallest absolute Gasteiger partial charge is 0.223 e. The maximum Gasteiger partial charge on any atom is 0.223 e. The predicted molar refractivity (Wildman–Crippen MR) is 90.7 cm³/mol. The molecule has 0 aliphatic carbocycles. The topological polar surface area (TPSA) is 94.5 Å². The van der Waals surface area contributed by atoms with Crippen molar-refractivity contribution in [3.05, 3.63) is 28.6 Å². The highest BCUT2D eigenvalue weighted by atomic mass is 32.1. The van der Waals surface area contributed by atoms with E-state index in [4.69, 9.17) is 15.0 Å². The van der Waals surface area contributed by atoms with E-state index in [0.717, 1.165) is 23.6 Å². The third-order valence-electron chi connectivity index (χ3n) is 4.34. The number of carbonyl (C=O) groups is 1. The lowest BCUT2D eigenvalue weighted by Gasteiger charge is -2.15. The van der Waals surface area contributed by atoms with Crippen molar-refractivity contribution in [2.45, 2.75) is 32.3 Å². The van der Waals surface area contributed by atoms with E-state index in [1.165, 1.54) is 11.3 Å². The number of rotatable bonds is 6. The third kappa shape index (κ3) is 3.93. The fourth-order valence-corrected chi connectivity index (χ4v) is 3.71. The fraction of sp³-hybridized carbons (Fsp3) is 0.562. The monoisotopic (exact) mass is 350 g/mol. The largest absolute Gasteiger partial charge is 0.379 e. The molecule has 3 rings (SSSR count). The van der Waals surface area contributed by atoms with Crippen LogP contribution in [0.5, 0.6) is 0 Å². The second-order valence-corrected chi connectivity index (χ2v) is 7.04. The van der Waals surface area contributed by atoms with E-state index >= 15 is 0 Å². The summed E-state index contributed by atoms with van der Waals surface area (Å²) in [6.07, 6.45) is 1.81. The van der Waals surface area contributed by atoms with Crippen LogP contribution < -0.4 is 5.73 Å². The quantitative estimate of drug-likeness (QED) is 0.851. The van der Waals surface area contributed by atoms with Gasteiger partial charge in [0.1, 0.15) is 5.76 Å². The molecular formula is C16H22N4O3S. The van der Waals surface area contributed by atoms with Crippen molar-refractivity contribution < 1.29 is 14.1 Å². The van der Waals surface area contributed by atoms with Crippen molar-refractivity contribution in [2.75, 3.05) is 25.9 Å². The Hall–Kier alpha value is -1.93. The fourth-order valence-electron chi connectivity index (χ4n) is 3.11. The first kappa shape index (κ1) is 16.9. The first-order chi connectivity index (χ1) is 11.5. The number of aromatic nitrogens is 2. The van der Waals surface area contributed by atoms with Gasteiger partial charge >= 0.3 is 0 Å². The van der Waals surface area contributed by atoms with Crippen molar-refractivity contribution in [1.29, 1.82) is 0 Å². The Morgan fingerprint density at radius 2 is 2.38 bits per heavy atom. The molecule has 8 heteroatoms. The van der Waals surface area contributed by atoms with Gasteiger partial charge in [-0.3, -0.25) is 4.79 Å². The Kier molecular flexibility index (Phi) is 5.15. The van der Waals surface area contributed by atoms with Crippen molar-refractivity contribution in [2.24, 2.45) is 5.92 Å². The van der Waals surface area contributed by atoms with Gasteiger partial charge in [-0.2, -0.15) is 0 Å². The number of hydrogen-bond acceptors (Lipinski definition) is 7. The minimum Gasteiger partial charge on any atom is -0.379 e. The number of amides is 1.